The van der Waals surface area contributed by atoms with Gasteiger partial charge in [0.1, 0.15) is 0 Å². The molecular weight excluding hydrogens is 396 g/mol. The van der Waals surface area contributed by atoms with Gasteiger partial charge in [-0.25, -0.2) is 8.42 Å². The fourth-order valence-corrected chi connectivity index (χ4v) is 4.63. The summed E-state index contributed by atoms with van der Waals surface area (Å²) in [5, 5.41) is 4.82. The highest BCUT2D eigenvalue weighted by molar-refractivity contribution is 7.89. The number of amides is 1. The van der Waals surface area contributed by atoms with Gasteiger partial charge in [-0.2, -0.15) is 4.31 Å². The highest BCUT2D eigenvalue weighted by Crippen LogP contribution is 2.23. The van der Waals surface area contributed by atoms with E-state index in [1.807, 2.05) is 54.6 Å². The average molecular weight is 425 g/mol. The van der Waals surface area contributed by atoms with Gasteiger partial charge in [0, 0.05) is 7.05 Å². The maximum absolute atomic E-state index is 13.0. The van der Waals surface area contributed by atoms with Crippen molar-refractivity contribution in [1.29, 1.82) is 0 Å². The van der Waals surface area contributed by atoms with Crippen LogP contribution in [0.4, 0.5) is 0 Å². The van der Waals surface area contributed by atoms with Crippen LogP contribution in [0.2, 0.25) is 0 Å². The van der Waals surface area contributed by atoms with Gasteiger partial charge in [-0.3, -0.25) is 4.79 Å². The third-order valence-corrected chi connectivity index (χ3v) is 6.84. The summed E-state index contributed by atoms with van der Waals surface area (Å²) >= 11 is 0. The minimum Gasteiger partial charge on any atom is -0.348 e. The number of carbonyl (C=O) groups excluding carboxylic acids is 1. The molecule has 158 valence electrons. The molecule has 3 rings (SSSR count). The van der Waals surface area contributed by atoms with E-state index in [2.05, 4.69) is 19.2 Å². The summed E-state index contributed by atoms with van der Waals surface area (Å²) in [5.41, 5.74) is 1.01. The molecule has 0 saturated heterocycles. The highest BCUT2D eigenvalue weighted by atomic mass is 32.2. The molecule has 1 unspecified atom stereocenters. The van der Waals surface area contributed by atoms with Crippen LogP contribution in [0.15, 0.2) is 77.7 Å². The summed E-state index contributed by atoms with van der Waals surface area (Å²) in [7, 11) is -2.34. The molecule has 30 heavy (non-hydrogen) atoms. The Hall–Kier alpha value is -2.70. The van der Waals surface area contributed by atoms with E-state index in [1.54, 1.807) is 18.2 Å². The molecular formula is C24H28N2O3S. The second-order valence-electron chi connectivity index (χ2n) is 7.93. The van der Waals surface area contributed by atoms with Gasteiger partial charge in [0.15, 0.2) is 0 Å². The van der Waals surface area contributed by atoms with Crippen molar-refractivity contribution in [2.24, 2.45) is 5.92 Å². The second kappa shape index (κ2) is 9.41. The Morgan fingerprint density at radius 2 is 1.57 bits per heavy atom. The first kappa shape index (κ1) is 22.0. The first-order valence-corrected chi connectivity index (χ1v) is 11.5. The van der Waals surface area contributed by atoms with Gasteiger partial charge in [0.25, 0.3) is 0 Å². The number of sulfonamides is 1. The summed E-state index contributed by atoms with van der Waals surface area (Å²) in [5.74, 6) is 0.0611. The molecule has 0 radical (unpaired) electrons. The molecule has 0 heterocycles. The molecule has 0 spiro atoms. The number of hydrogen-bond acceptors (Lipinski definition) is 3. The smallest absolute Gasteiger partial charge is 0.243 e. The van der Waals surface area contributed by atoms with E-state index in [9.17, 15) is 13.2 Å². The number of nitrogens with zero attached hydrogens (tertiary/aromatic N) is 1. The normalized spacial score (nSPS) is 13.0. The Morgan fingerprint density at radius 1 is 0.933 bits per heavy atom. The van der Waals surface area contributed by atoms with E-state index >= 15 is 0 Å². The summed E-state index contributed by atoms with van der Waals surface area (Å²) < 4.78 is 27.1. The minimum atomic E-state index is -3.78. The van der Waals surface area contributed by atoms with E-state index in [4.69, 9.17) is 0 Å². The van der Waals surface area contributed by atoms with Crippen molar-refractivity contribution in [3.05, 3.63) is 78.4 Å². The highest BCUT2D eigenvalue weighted by Gasteiger charge is 2.24. The zero-order chi connectivity index (χ0) is 21.7. The van der Waals surface area contributed by atoms with Gasteiger partial charge < -0.3 is 5.32 Å². The molecule has 0 aliphatic rings. The number of benzene rings is 3. The van der Waals surface area contributed by atoms with E-state index in [1.165, 1.54) is 7.05 Å². The Morgan fingerprint density at radius 3 is 2.23 bits per heavy atom. The van der Waals surface area contributed by atoms with E-state index in [0.29, 0.717) is 5.92 Å². The Labute approximate surface area is 178 Å². The molecule has 0 aliphatic carbocycles. The Kier molecular flexibility index (Phi) is 6.90. The van der Waals surface area contributed by atoms with Crippen molar-refractivity contribution in [1.82, 2.24) is 9.62 Å². The van der Waals surface area contributed by atoms with Crippen LogP contribution in [0.25, 0.3) is 10.8 Å². The van der Waals surface area contributed by atoms with Gasteiger partial charge >= 0.3 is 0 Å². The molecule has 0 aromatic heterocycles. The lowest BCUT2D eigenvalue weighted by molar-refractivity contribution is -0.122. The summed E-state index contributed by atoms with van der Waals surface area (Å²) in [6, 6.07) is 22.2. The lowest BCUT2D eigenvalue weighted by Gasteiger charge is -2.23. The number of fused-ring (bicyclic) bond motifs is 1. The van der Waals surface area contributed by atoms with Crippen LogP contribution in [0.1, 0.15) is 31.9 Å². The molecule has 6 heteroatoms. The van der Waals surface area contributed by atoms with Crippen molar-refractivity contribution in [3.63, 3.8) is 0 Å². The average Bonchev–Trinajstić information content (AvgIpc) is 2.73. The Bertz CT molecular complexity index is 1110. The first-order valence-electron chi connectivity index (χ1n) is 10.1. The maximum Gasteiger partial charge on any atom is 0.243 e. The fraction of sp³-hybridized carbons (Fsp3) is 0.292. The van der Waals surface area contributed by atoms with Crippen molar-refractivity contribution < 1.29 is 13.2 Å². The molecule has 0 bridgehead atoms. The summed E-state index contributed by atoms with van der Waals surface area (Å²) in [4.78, 5) is 12.9. The topological polar surface area (TPSA) is 66.5 Å². The van der Waals surface area contributed by atoms with Gasteiger partial charge in [0.2, 0.25) is 15.9 Å². The van der Waals surface area contributed by atoms with E-state index in [0.717, 1.165) is 27.1 Å². The van der Waals surface area contributed by atoms with E-state index < -0.39 is 10.0 Å². The van der Waals surface area contributed by atoms with Crippen molar-refractivity contribution in [2.45, 2.75) is 31.2 Å². The van der Waals surface area contributed by atoms with Crippen LogP contribution < -0.4 is 5.32 Å². The number of carbonyl (C=O) groups is 1. The van der Waals surface area contributed by atoms with Gasteiger partial charge in [-0.1, -0.05) is 74.5 Å². The SMILES string of the molecule is CC(C)CC(NC(=O)CN(C)S(=O)(=O)c1ccc2ccccc2c1)c1ccccc1. The number of rotatable bonds is 8. The third kappa shape index (κ3) is 5.26. The van der Waals surface area contributed by atoms with Crippen molar-refractivity contribution in [2.75, 3.05) is 13.6 Å². The molecule has 0 saturated carbocycles. The minimum absolute atomic E-state index is 0.157. The summed E-state index contributed by atoms with van der Waals surface area (Å²) in [6.07, 6.45) is 0.775. The monoisotopic (exact) mass is 424 g/mol. The lowest BCUT2D eigenvalue weighted by Crippen LogP contribution is -2.40. The van der Waals surface area contributed by atoms with Crippen LogP contribution in [0, 0.1) is 5.92 Å². The predicted octanol–water partition coefficient (Wildman–Crippen LogP) is 4.36. The molecule has 0 fully saturated rings. The molecule has 1 N–H and O–H groups in total. The first-order chi connectivity index (χ1) is 14.3. The zero-order valence-corrected chi connectivity index (χ0v) is 18.4. The lowest BCUT2D eigenvalue weighted by atomic mass is 9.97. The predicted molar refractivity (Wildman–Crippen MR) is 121 cm³/mol. The molecule has 3 aromatic carbocycles. The largest absolute Gasteiger partial charge is 0.348 e. The number of likely N-dealkylation sites (N-methyl/N-ethyl adjacent to an activating group) is 1. The number of nitrogens with one attached hydrogen (secondary N) is 1. The quantitative estimate of drug-likeness (QED) is 0.584. The molecule has 1 amide bonds. The molecule has 3 aromatic rings. The second-order valence-corrected chi connectivity index (χ2v) is 9.98. The van der Waals surface area contributed by atoms with Crippen LogP contribution >= 0.6 is 0 Å². The van der Waals surface area contributed by atoms with Crippen molar-refractivity contribution in [3.8, 4) is 0 Å². The molecule has 1 atom stereocenters. The maximum atomic E-state index is 13.0. The van der Waals surface area contributed by atoms with Gasteiger partial charge in [-0.05, 0) is 40.8 Å². The van der Waals surface area contributed by atoms with Crippen LogP contribution in [0.3, 0.4) is 0 Å². The number of hydrogen-bond donors (Lipinski definition) is 1. The molecule has 0 aliphatic heterocycles. The van der Waals surface area contributed by atoms with Gasteiger partial charge in [-0.15, -0.1) is 0 Å². The summed E-state index contributed by atoms with van der Waals surface area (Å²) in [6.45, 7) is 3.95. The zero-order valence-electron chi connectivity index (χ0n) is 17.6. The van der Waals surface area contributed by atoms with E-state index in [-0.39, 0.29) is 23.4 Å². The van der Waals surface area contributed by atoms with Crippen LogP contribution in [0.5, 0.6) is 0 Å². The fourth-order valence-electron chi connectivity index (χ4n) is 3.47. The standard InChI is InChI=1S/C24H28N2O3S/c1-18(2)15-23(20-10-5-4-6-11-20)25-24(27)17-26(3)30(28,29)22-14-13-19-9-7-8-12-21(19)16-22/h4-14,16,18,23H,15,17H2,1-3H3,(H,25,27). The Balaban J connectivity index is 1.74. The van der Waals surface area contributed by atoms with Crippen LogP contribution in [-0.4, -0.2) is 32.2 Å². The van der Waals surface area contributed by atoms with Crippen molar-refractivity contribution >= 4 is 26.7 Å². The molecule has 5 nitrogen and oxygen atoms in total. The van der Waals surface area contributed by atoms with Gasteiger partial charge in [0.05, 0.1) is 17.5 Å². The third-order valence-electron chi connectivity index (χ3n) is 5.04. The van der Waals surface area contributed by atoms with Crippen LogP contribution in [-0.2, 0) is 14.8 Å².